The Morgan fingerprint density at radius 2 is 1.97 bits per heavy atom. The standard InChI is InChI=1S/C22H19N3O6/c1-28-16-5-2-4-14-12-15(22(27)30-18(14)16)21(26)25-9-7-13(8-10-25)19-23-24-20(31-19)17-6-3-11-29-17/h2-6,11-13H,7-10H2,1H3. The molecule has 1 fully saturated rings. The molecule has 0 saturated carbocycles. The molecule has 0 spiro atoms. The summed E-state index contributed by atoms with van der Waals surface area (Å²) < 4.78 is 21.6. The molecule has 9 heteroatoms. The first-order valence-electron chi connectivity index (χ1n) is 9.91. The fourth-order valence-corrected chi connectivity index (χ4v) is 3.83. The predicted octanol–water partition coefficient (Wildman–Crippen LogP) is 3.46. The highest BCUT2D eigenvalue weighted by molar-refractivity contribution is 5.97. The third-order valence-electron chi connectivity index (χ3n) is 5.48. The summed E-state index contributed by atoms with van der Waals surface area (Å²) in [6.45, 7) is 0.940. The number of hydrogen-bond donors (Lipinski definition) is 0. The molecule has 158 valence electrons. The Hall–Kier alpha value is -3.88. The van der Waals surface area contributed by atoms with Gasteiger partial charge in [-0.3, -0.25) is 4.79 Å². The number of carbonyl (C=O) groups excluding carboxylic acids is 1. The summed E-state index contributed by atoms with van der Waals surface area (Å²) >= 11 is 0. The monoisotopic (exact) mass is 421 g/mol. The Morgan fingerprint density at radius 3 is 2.71 bits per heavy atom. The lowest BCUT2D eigenvalue weighted by molar-refractivity contribution is 0.0702. The summed E-state index contributed by atoms with van der Waals surface area (Å²) in [6.07, 6.45) is 2.85. The Bertz CT molecular complexity index is 1280. The fourth-order valence-electron chi connectivity index (χ4n) is 3.83. The van der Waals surface area contributed by atoms with Gasteiger partial charge in [0.25, 0.3) is 11.8 Å². The van der Waals surface area contributed by atoms with Crippen LogP contribution in [-0.2, 0) is 0 Å². The molecule has 1 aliphatic rings. The summed E-state index contributed by atoms with van der Waals surface area (Å²) in [6, 6.07) is 10.3. The zero-order chi connectivity index (χ0) is 21.4. The molecular weight excluding hydrogens is 402 g/mol. The van der Waals surface area contributed by atoms with Gasteiger partial charge in [0.2, 0.25) is 5.89 Å². The van der Waals surface area contributed by atoms with Gasteiger partial charge in [0.1, 0.15) is 5.56 Å². The van der Waals surface area contributed by atoms with Gasteiger partial charge in [-0.1, -0.05) is 12.1 Å². The molecule has 1 saturated heterocycles. The molecule has 0 N–H and O–H groups in total. The lowest BCUT2D eigenvalue weighted by Crippen LogP contribution is -2.39. The SMILES string of the molecule is COc1cccc2cc(C(=O)N3CCC(c4nnc(-c5ccco5)o4)CC3)c(=O)oc12. The van der Waals surface area contributed by atoms with E-state index >= 15 is 0 Å². The Morgan fingerprint density at radius 1 is 1.13 bits per heavy atom. The molecule has 0 atom stereocenters. The highest BCUT2D eigenvalue weighted by Crippen LogP contribution is 2.30. The molecule has 5 rings (SSSR count). The number of fused-ring (bicyclic) bond motifs is 1. The average Bonchev–Trinajstić information content (AvgIpc) is 3.50. The number of piperidine rings is 1. The van der Waals surface area contributed by atoms with Gasteiger partial charge < -0.3 is 22.9 Å². The molecule has 3 aromatic heterocycles. The molecule has 9 nitrogen and oxygen atoms in total. The van der Waals surface area contributed by atoms with Crippen LogP contribution in [0.25, 0.3) is 22.6 Å². The van der Waals surface area contributed by atoms with Crippen molar-refractivity contribution in [3.63, 3.8) is 0 Å². The normalized spacial score (nSPS) is 14.8. The molecule has 0 unspecified atom stereocenters. The summed E-state index contributed by atoms with van der Waals surface area (Å²) in [7, 11) is 1.50. The van der Waals surface area contributed by atoms with E-state index in [-0.39, 0.29) is 17.4 Å². The third-order valence-corrected chi connectivity index (χ3v) is 5.48. The lowest BCUT2D eigenvalue weighted by atomic mass is 9.96. The minimum atomic E-state index is -0.677. The zero-order valence-corrected chi connectivity index (χ0v) is 16.7. The van der Waals surface area contributed by atoms with Crippen molar-refractivity contribution < 1.29 is 22.8 Å². The van der Waals surface area contributed by atoms with E-state index in [9.17, 15) is 9.59 Å². The second kappa shape index (κ2) is 7.75. The van der Waals surface area contributed by atoms with E-state index in [0.717, 1.165) is 0 Å². The van der Waals surface area contributed by atoms with Crippen LogP contribution in [0.4, 0.5) is 0 Å². The van der Waals surface area contributed by atoms with Crippen LogP contribution in [-0.4, -0.2) is 41.2 Å². The van der Waals surface area contributed by atoms with E-state index in [1.54, 1.807) is 47.6 Å². The van der Waals surface area contributed by atoms with Gasteiger partial charge in [-0.2, -0.15) is 0 Å². The number of para-hydroxylation sites is 1. The van der Waals surface area contributed by atoms with E-state index in [1.165, 1.54) is 7.11 Å². The third kappa shape index (κ3) is 3.48. The first-order valence-corrected chi connectivity index (χ1v) is 9.91. The maximum atomic E-state index is 13.0. The number of rotatable bonds is 4. The van der Waals surface area contributed by atoms with Crippen molar-refractivity contribution in [1.82, 2.24) is 15.1 Å². The molecule has 1 aliphatic heterocycles. The van der Waals surface area contributed by atoms with Crippen LogP contribution in [0.1, 0.15) is 35.0 Å². The number of hydrogen-bond acceptors (Lipinski definition) is 8. The van der Waals surface area contributed by atoms with Crippen LogP contribution in [0.5, 0.6) is 5.75 Å². The van der Waals surface area contributed by atoms with Crippen LogP contribution >= 0.6 is 0 Å². The number of aromatic nitrogens is 2. The molecule has 0 aliphatic carbocycles. The van der Waals surface area contributed by atoms with Gasteiger partial charge in [0.15, 0.2) is 17.1 Å². The van der Waals surface area contributed by atoms with E-state index < -0.39 is 5.63 Å². The molecule has 1 amide bonds. The first kappa shape index (κ1) is 19.1. The number of likely N-dealkylation sites (tertiary alicyclic amines) is 1. The van der Waals surface area contributed by atoms with Crippen molar-refractivity contribution in [2.45, 2.75) is 18.8 Å². The van der Waals surface area contributed by atoms with Gasteiger partial charge in [-0.15, -0.1) is 10.2 Å². The molecule has 1 aromatic carbocycles. The van der Waals surface area contributed by atoms with Gasteiger partial charge in [0.05, 0.1) is 13.4 Å². The van der Waals surface area contributed by atoms with Crippen LogP contribution in [0.2, 0.25) is 0 Å². The van der Waals surface area contributed by atoms with Gasteiger partial charge >= 0.3 is 5.63 Å². The first-order chi connectivity index (χ1) is 15.1. The predicted molar refractivity (Wildman–Crippen MR) is 109 cm³/mol. The highest BCUT2D eigenvalue weighted by atomic mass is 16.5. The van der Waals surface area contributed by atoms with Crippen LogP contribution in [0.3, 0.4) is 0 Å². The number of ether oxygens (including phenoxy) is 1. The maximum absolute atomic E-state index is 13.0. The number of nitrogens with zero attached hydrogens (tertiary/aromatic N) is 3. The largest absolute Gasteiger partial charge is 0.493 e. The minimum absolute atomic E-state index is 0.0112. The molecule has 4 aromatic rings. The van der Waals surface area contributed by atoms with E-state index in [0.29, 0.717) is 60.2 Å². The Labute approximate surface area is 176 Å². The van der Waals surface area contributed by atoms with Crippen LogP contribution in [0, 0.1) is 0 Å². The van der Waals surface area contributed by atoms with Crippen molar-refractivity contribution in [1.29, 1.82) is 0 Å². The van der Waals surface area contributed by atoms with Gasteiger partial charge in [0, 0.05) is 24.4 Å². The van der Waals surface area contributed by atoms with Crippen molar-refractivity contribution in [2.75, 3.05) is 20.2 Å². The molecule has 31 heavy (non-hydrogen) atoms. The molecular formula is C22H19N3O6. The number of benzene rings is 1. The summed E-state index contributed by atoms with van der Waals surface area (Å²) in [4.78, 5) is 27.1. The van der Waals surface area contributed by atoms with Crippen molar-refractivity contribution in [2.24, 2.45) is 0 Å². The Balaban J connectivity index is 1.31. The van der Waals surface area contributed by atoms with E-state index in [2.05, 4.69) is 10.2 Å². The average molecular weight is 421 g/mol. The van der Waals surface area contributed by atoms with Crippen molar-refractivity contribution in [3.8, 4) is 17.4 Å². The summed E-state index contributed by atoms with van der Waals surface area (Å²) in [5.41, 5.74) is -0.338. The fraction of sp³-hybridized carbons (Fsp3) is 0.273. The number of furan rings is 1. The minimum Gasteiger partial charge on any atom is -0.493 e. The maximum Gasteiger partial charge on any atom is 0.349 e. The number of methoxy groups -OCH3 is 1. The quantitative estimate of drug-likeness (QED) is 0.461. The lowest BCUT2D eigenvalue weighted by Gasteiger charge is -2.30. The number of carbonyl (C=O) groups is 1. The summed E-state index contributed by atoms with van der Waals surface area (Å²) in [5, 5.41) is 8.80. The van der Waals surface area contributed by atoms with Crippen molar-refractivity contribution >= 4 is 16.9 Å². The molecule has 0 bridgehead atoms. The molecule has 4 heterocycles. The zero-order valence-electron chi connectivity index (χ0n) is 16.7. The van der Waals surface area contributed by atoms with E-state index in [1.807, 2.05) is 0 Å². The second-order valence-corrected chi connectivity index (χ2v) is 7.32. The summed E-state index contributed by atoms with van der Waals surface area (Å²) in [5.74, 6) is 1.52. The highest BCUT2D eigenvalue weighted by Gasteiger charge is 2.29. The smallest absolute Gasteiger partial charge is 0.349 e. The topological polar surface area (TPSA) is 112 Å². The van der Waals surface area contributed by atoms with Crippen molar-refractivity contribution in [3.05, 3.63) is 64.5 Å². The Kier molecular flexibility index (Phi) is 4.78. The number of amides is 1. The second-order valence-electron chi connectivity index (χ2n) is 7.32. The van der Waals surface area contributed by atoms with Gasteiger partial charge in [-0.05, 0) is 37.1 Å². The van der Waals surface area contributed by atoms with Gasteiger partial charge in [-0.25, -0.2) is 4.79 Å². The molecule has 0 radical (unpaired) electrons. The van der Waals surface area contributed by atoms with Crippen LogP contribution in [0.15, 0.2) is 60.7 Å². The van der Waals surface area contributed by atoms with E-state index in [4.69, 9.17) is 18.0 Å². The van der Waals surface area contributed by atoms with Crippen LogP contribution < -0.4 is 10.4 Å².